The topological polar surface area (TPSA) is 35.6 Å². The van der Waals surface area contributed by atoms with Crippen LogP contribution in [0.1, 0.15) is 11.1 Å². The van der Waals surface area contributed by atoms with Crippen LogP contribution in [0.3, 0.4) is 0 Å². The quantitative estimate of drug-likeness (QED) is 0.183. The van der Waals surface area contributed by atoms with Gasteiger partial charge in [-0.1, -0.05) is 97.1 Å². The molecule has 0 spiro atoms. The SMILES string of the molecule is Cc1ccc(-n2c3ccccc3c3ccccc32)cc1-c1cccc(-c2cccc(-c3cc(-n4c5ccccc5c5ccccc54)ccc3C)n2)n1. The molecule has 0 aliphatic rings. The summed E-state index contributed by atoms with van der Waals surface area (Å²) in [6.45, 7) is 4.32. The third-order valence-electron chi connectivity index (χ3n) is 10.4. The molecule has 4 heteroatoms. The van der Waals surface area contributed by atoms with Gasteiger partial charge >= 0.3 is 0 Å². The van der Waals surface area contributed by atoms with Crippen LogP contribution in [0.2, 0.25) is 0 Å². The summed E-state index contributed by atoms with van der Waals surface area (Å²) in [5.74, 6) is 0. The summed E-state index contributed by atoms with van der Waals surface area (Å²) in [5, 5.41) is 5.01. The van der Waals surface area contributed by atoms with Gasteiger partial charge in [-0.05, 0) is 97.8 Å². The van der Waals surface area contributed by atoms with Gasteiger partial charge in [0, 0.05) is 44.0 Å². The largest absolute Gasteiger partial charge is 0.309 e. The Labute approximate surface area is 301 Å². The van der Waals surface area contributed by atoms with Crippen LogP contribution in [0.15, 0.2) is 170 Å². The van der Waals surface area contributed by atoms with Crippen molar-refractivity contribution in [2.75, 3.05) is 0 Å². The summed E-state index contributed by atoms with van der Waals surface area (Å²) in [6, 6.07) is 60.4. The maximum Gasteiger partial charge on any atom is 0.0893 e. The fraction of sp³-hybridized carbons (Fsp3) is 0.0417. The third kappa shape index (κ3) is 4.76. The Hall–Kier alpha value is -6.78. The van der Waals surface area contributed by atoms with E-state index in [9.17, 15) is 0 Å². The lowest BCUT2D eigenvalue weighted by Crippen LogP contribution is -1.98. The lowest BCUT2D eigenvalue weighted by atomic mass is 10.0. The van der Waals surface area contributed by atoms with Gasteiger partial charge in [0.25, 0.3) is 0 Å². The molecule has 4 heterocycles. The van der Waals surface area contributed by atoms with Crippen LogP contribution in [-0.2, 0) is 0 Å². The number of aromatic nitrogens is 4. The fourth-order valence-corrected chi connectivity index (χ4v) is 7.91. The van der Waals surface area contributed by atoms with E-state index in [-0.39, 0.29) is 0 Å². The average molecular weight is 667 g/mol. The third-order valence-corrected chi connectivity index (χ3v) is 10.4. The number of pyridine rings is 2. The predicted molar refractivity (Wildman–Crippen MR) is 216 cm³/mol. The van der Waals surface area contributed by atoms with Crippen LogP contribution in [0, 0.1) is 13.8 Å². The molecule has 6 aromatic carbocycles. The number of hydrogen-bond donors (Lipinski definition) is 0. The van der Waals surface area contributed by atoms with E-state index in [1.165, 1.54) is 54.7 Å². The van der Waals surface area contributed by atoms with E-state index < -0.39 is 0 Å². The first-order valence-corrected chi connectivity index (χ1v) is 17.8. The highest BCUT2D eigenvalue weighted by atomic mass is 15.0. The first kappa shape index (κ1) is 30.1. The van der Waals surface area contributed by atoms with Gasteiger partial charge in [-0.3, -0.25) is 0 Å². The standard InChI is InChI=1S/C48H34N4/c1-31-25-27-33(51-45-21-7-3-13-35(45)36-14-4-8-22-46(36)51)29-39(31)41-17-11-19-43(49-41)44-20-12-18-42(50-44)40-30-34(28-26-32(40)2)52-47-23-9-5-15-37(47)38-16-6-10-24-48(38)52/h3-30H,1-2H3. The molecule has 0 saturated carbocycles. The van der Waals surface area contributed by atoms with Gasteiger partial charge in [0.15, 0.2) is 0 Å². The highest BCUT2D eigenvalue weighted by molar-refractivity contribution is 6.10. The molecule has 0 bridgehead atoms. The number of para-hydroxylation sites is 4. The van der Waals surface area contributed by atoms with Crippen molar-refractivity contribution in [2.24, 2.45) is 0 Å². The van der Waals surface area contributed by atoms with Crippen molar-refractivity contribution in [3.63, 3.8) is 0 Å². The lowest BCUT2D eigenvalue weighted by Gasteiger charge is -2.14. The molecule has 0 saturated heterocycles. The smallest absolute Gasteiger partial charge is 0.0893 e. The molecule has 0 atom stereocenters. The van der Waals surface area contributed by atoms with Crippen molar-refractivity contribution in [3.05, 3.63) is 181 Å². The summed E-state index contributed by atoms with van der Waals surface area (Å²) in [6.07, 6.45) is 0. The Morgan fingerprint density at radius 3 is 1.02 bits per heavy atom. The Bertz CT molecular complexity index is 2690. The molecule has 4 aromatic heterocycles. The zero-order chi connectivity index (χ0) is 34.8. The van der Waals surface area contributed by atoms with Gasteiger partial charge in [0.2, 0.25) is 0 Å². The summed E-state index contributed by atoms with van der Waals surface area (Å²) >= 11 is 0. The first-order valence-electron chi connectivity index (χ1n) is 17.8. The second-order valence-corrected chi connectivity index (χ2v) is 13.6. The minimum absolute atomic E-state index is 0.845. The number of aryl methyl sites for hydroxylation is 2. The Balaban J connectivity index is 1.05. The molecule has 0 radical (unpaired) electrons. The van der Waals surface area contributed by atoms with Gasteiger partial charge in [-0.25, -0.2) is 9.97 Å². The first-order chi connectivity index (χ1) is 25.6. The van der Waals surface area contributed by atoms with Gasteiger partial charge in [0.1, 0.15) is 0 Å². The highest BCUT2D eigenvalue weighted by Crippen LogP contribution is 2.36. The zero-order valence-electron chi connectivity index (χ0n) is 29.0. The molecule has 0 aliphatic heterocycles. The molecule has 0 unspecified atom stereocenters. The van der Waals surface area contributed by atoms with Gasteiger partial charge in [0.05, 0.1) is 44.8 Å². The molecule has 10 aromatic rings. The van der Waals surface area contributed by atoms with Crippen LogP contribution < -0.4 is 0 Å². The van der Waals surface area contributed by atoms with Crippen LogP contribution >= 0.6 is 0 Å². The molecular weight excluding hydrogens is 633 g/mol. The maximum atomic E-state index is 5.23. The van der Waals surface area contributed by atoms with E-state index in [1.807, 2.05) is 0 Å². The fourth-order valence-electron chi connectivity index (χ4n) is 7.91. The van der Waals surface area contributed by atoms with E-state index in [0.29, 0.717) is 0 Å². The van der Waals surface area contributed by atoms with E-state index >= 15 is 0 Å². The molecule has 10 rings (SSSR count). The molecule has 4 nitrogen and oxygen atoms in total. The van der Waals surface area contributed by atoms with Crippen LogP contribution in [0.4, 0.5) is 0 Å². The number of nitrogens with zero attached hydrogens (tertiary/aromatic N) is 4. The van der Waals surface area contributed by atoms with E-state index in [4.69, 9.17) is 9.97 Å². The number of hydrogen-bond acceptors (Lipinski definition) is 2. The Morgan fingerprint density at radius 1 is 0.327 bits per heavy atom. The molecular formula is C48H34N4. The molecule has 0 aliphatic carbocycles. The van der Waals surface area contributed by atoms with E-state index in [1.54, 1.807) is 0 Å². The molecule has 0 N–H and O–H groups in total. The zero-order valence-corrected chi connectivity index (χ0v) is 29.0. The number of rotatable bonds is 5. The van der Waals surface area contributed by atoms with Crippen molar-refractivity contribution in [1.82, 2.24) is 19.1 Å². The molecule has 0 fully saturated rings. The highest BCUT2D eigenvalue weighted by Gasteiger charge is 2.16. The van der Waals surface area contributed by atoms with Crippen molar-refractivity contribution < 1.29 is 0 Å². The van der Waals surface area contributed by atoms with Crippen molar-refractivity contribution in [1.29, 1.82) is 0 Å². The summed E-state index contributed by atoms with van der Waals surface area (Å²) in [4.78, 5) is 10.5. The minimum Gasteiger partial charge on any atom is -0.309 e. The van der Waals surface area contributed by atoms with Gasteiger partial charge in [-0.2, -0.15) is 0 Å². The normalized spacial score (nSPS) is 11.7. The Morgan fingerprint density at radius 2 is 0.654 bits per heavy atom. The van der Waals surface area contributed by atoms with Crippen molar-refractivity contribution in [2.45, 2.75) is 13.8 Å². The summed E-state index contributed by atoms with van der Waals surface area (Å²) in [7, 11) is 0. The molecule has 246 valence electrons. The predicted octanol–water partition coefficient (Wildman–Crippen LogP) is 12.3. The van der Waals surface area contributed by atoms with Crippen molar-refractivity contribution >= 4 is 43.6 Å². The van der Waals surface area contributed by atoms with Crippen LogP contribution in [0.25, 0.3) is 88.9 Å². The average Bonchev–Trinajstić information content (AvgIpc) is 3.72. The summed E-state index contributed by atoms with van der Waals surface area (Å²) < 4.78 is 4.72. The molecule has 0 amide bonds. The number of benzene rings is 6. The maximum absolute atomic E-state index is 5.23. The lowest BCUT2D eigenvalue weighted by molar-refractivity contribution is 1.17. The summed E-state index contributed by atoms with van der Waals surface area (Å²) in [5.41, 5.74) is 15.1. The second kappa shape index (κ2) is 11.9. The van der Waals surface area contributed by atoms with Crippen LogP contribution in [0.5, 0.6) is 0 Å². The molecule has 52 heavy (non-hydrogen) atoms. The van der Waals surface area contributed by atoms with Crippen LogP contribution in [-0.4, -0.2) is 19.1 Å². The van der Waals surface area contributed by atoms with Gasteiger partial charge in [-0.15, -0.1) is 0 Å². The van der Waals surface area contributed by atoms with E-state index in [0.717, 1.165) is 45.3 Å². The monoisotopic (exact) mass is 666 g/mol. The number of fused-ring (bicyclic) bond motifs is 6. The Kier molecular flexibility index (Phi) is 6.90. The minimum atomic E-state index is 0.845. The second-order valence-electron chi connectivity index (χ2n) is 13.6. The van der Waals surface area contributed by atoms with Gasteiger partial charge < -0.3 is 9.13 Å². The van der Waals surface area contributed by atoms with Crippen molar-refractivity contribution in [3.8, 4) is 45.3 Å². The van der Waals surface area contributed by atoms with E-state index in [2.05, 4.69) is 193 Å².